The van der Waals surface area contributed by atoms with Gasteiger partial charge in [-0.05, 0) is 30.0 Å². The first-order chi connectivity index (χ1) is 16.5. The molecule has 1 N–H and O–H groups in total. The Bertz CT molecular complexity index is 1140. The van der Waals surface area contributed by atoms with E-state index in [9.17, 15) is 14.4 Å². The fraction of sp³-hybridized carbons (Fsp3) is 0.269. The Balaban J connectivity index is 1.68. The Morgan fingerprint density at radius 1 is 1.03 bits per heavy atom. The van der Waals surface area contributed by atoms with E-state index in [2.05, 4.69) is 5.32 Å². The molecule has 8 heteroatoms. The summed E-state index contributed by atoms with van der Waals surface area (Å²) in [6, 6.07) is 19.0. The summed E-state index contributed by atoms with van der Waals surface area (Å²) in [5.74, 6) is -1.31. The molecule has 1 aromatic heterocycles. The van der Waals surface area contributed by atoms with Gasteiger partial charge in [0.2, 0.25) is 5.91 Å². The van der Waals surface area contributed by atoms with Crippen molar-refractivity contribution >= 4 is 34.3 Å². The molecule has 0 aliphatic carbocycles. The van der Waals surface area contributed by atoms with Crippen molar-refractivity contribution < 1.29 is 23.9 Å². The number of benzene rings is 2. The smallest absolute Gasteiger partial charge is 0.410 e. The number of fused-ring (bicyclic) bond motifs is 1. The molecule has 0 radical (unpaired) electrons. The number of esters is 1. The normalized spacial score (nSPS) is 12.7. The minimum absolute atomic E-state index is 0.247. The van der Waals surface area contributed by atoms with Crippen molar-refractivity contribution in [3.05, 3.63) is 87.8 Å². The van der Waals surface area contributed by atoms with E-state index in [1.165, 1.54) is 18.4 Å². The van der Waals surface area contributed by atoms with Gasteiger partial charge < -0.3 is 19.7 Å². The van der Waals surface area contributed by atoms with Crippen molar-refractivity contribution in [1.82, 2.24) is 4.90 Å². The number of thiophene rings is 1. The average Bonchev–Trinajstić information content (AvgIpc) is 3.22. The van der Waals surface area contributed by atoms with E-state index in [0.29, 0.717) is 36.7 Å². The van der Waals surface area contributed by atoms with Crippen LogP contribution in [0.4, 0.5) is 9.80 Å². The summed E-state index contributed by atoms with van der Waals surface area (Å²) >= 11 is 1.30. The zero-order valence-corrected chi connectivity index (χ0v) is 19.9. The highest BCUT2D eigenvalue weighted by atomic mass is 32.1. The predicted molar refractivity (Wildman–Crippen MR) is 130 cm³/mol. The number of anilines is 1. The maximum absolute atomic E-state index is 13.6. The number of methoxy groups -OCH3 is 1. The second-order valence-electron chi connectivity index (χ2n) is 7.81. The minimum atomic E-state index is -0.553. The maximum Gasteiger partial charge on any atom is 0.410 e. The lowest BCUT2D eigenvalue weighted by Crippen LogP contribution is -2.36. The Kier molecular flexibility index (Phi) is 7.27. The number of carbonyl (C=O) groups excluding carboxylic acids is 3. The van der Waals surface area contributed by atoms with Gasteiger partial charge in [0.05, 0.1) is 31.7 Å². The zero-order chi connectivity index (χ0) is 24.1. The van der Waals surface area contributed by atoms with Crippen molar-refractivity contribution in [3.63, 3.8) is 0 Å². The highest BCUT2D eigenvalue weighted by Gasteiger charge is 2.32. The highest BCUT2D eigenvalue weighted by Crippen LogP contribution is 2.39. The molecule has 2 heterocycles. The second kappa shape index (κ2) is 10.5. The van der Waals surface area contributed by atoms with Crippen LogP contribution < -0.4 is 5.32 Å². The number of rotatable bonds is 6. The van der Waals surface area contributed by atoms with Crippen LogP contribution in [0.3, 0.4) is 0 Å². The largest absolute Gasteiger partial charge is 0.465 e. The molecule has 1 aliphatic heterocycles. The second-order valence-corrected chi connectivity index (χ2v) is 8.92. The molecular formula is C26H26N2O5S. The lowest BCUT2D eigenvalue weighted by Gasteiger charge is -2.26. The zero-order valence-electron chi connectivity index (χ0n) is 19.1. The highest BCUT2D eigenvalue weighted by molar-refractivity contribution is 7.17. The van der Waals surface area contributed by atoms with Crippen LogP contribution in [0.25, 0.3) is 0 Å². The van der Waals surface area contributed by atoms with Gasteiger partial charge in [-0.3, -0.25) is 4.79 Å². The van der Waals surface area contributed by atoms with Gasteiger partial charge in [-0.15, -0.1) is 11.3 Å². The number of carbonyl (C=O) groups is 3. The molecule has 0 atom stereocenters. The van der Waals surface area contributed by atoms with E-state index in [0.717, 1.165) is 21.6 Å². The number of nitrogens with one attached hydrogen (secondary N) is 1. The van der Waals surface area contributed by atoms with E-state index in [-0.39, 0.29) is 12.0 Å². The quantitative estimate of drug-likeness (QED) is 0.514. The first kappa shape index (κ1) is 23.5. The predicted octanol–water partition coefficient (Wildman–Crippen LogP) is 4.82. The van der Waals surface area contributed by atoms with Crippen molar-refractivity contribution in [3.8, 4) is 0 Å². The van der Waals surface area contributed by atoms with Crippen molar-refractivity contribution in [1.29, 1.82) is 0 Å². The van der Waals surface area contributed by atoms with Gasteiger partial charge >= 0.3 is 12.1 Å². The molecule has 3 aromatic rings. The Morgan fingerprint density at radius 3 is 2.21 bits per heavy atom. The molecule has 176 valence electrons. The van der Waals surface area contributed by atoms with Crippen LogP contribution in [0.5, 0.6) is 0 Å². The molecule has 0 saturated heterocycles. The molecule has 0 spiro atoms. The van der Waals surface area contributed by atoms with Gasteiger partial charge in [-0.1, -0.05) is 60.7 Å². The third kappa shape index (κ3) is 4.82. The summed E-state index contributed by atoms with van der Waals surface area (Å²) < 4.78 is 10.2. The number of nitrogens with zero attached hydrogens (tertiary/aromatic N) is 1. The van der Waals surface area contributed by atoms with Gasteiger partial charge in [-0.25, -0.2) is 9.59 Å². The fourth-order valence-electron chi connectivity index (χ4n) is 4.15. The van der Waals surface area contributed by atoms with Crippen molar-refractivity contribution in [2.45, 2.75) is 25.8 Å². The summed E-state index contributed by atoms with van der Waals surface area (Å²) in [6.07, 6.45) is 0.0890. The average molecular weight is 479 g/mol. The summed E-state index contributed by atoms with van der Waals surface area (Å²) in [5.41, 5.74) is 2.86. The summed E-state index contributed by atoms with van der Waals surface area (Å²) in [5, 5.41) is 3.43. The third-order valence-corrected chi connectivity index (χ3v) is 6.87. The number of hydrogen-bond donors (Lipinski definition) is 1. The van der Waals surface area contributed by atoms with E-state index in [1.54, 1.807) is 11.8 Å². The van der Waals surface area contributed by atoms with Gasteiger partial charge in [0, 0.05) is 11.4 Å². The SMILES string of the molecule is CCOC(=O)N1CCc2c(sc(NC(=O)C(c3ccccc3)c3ccccc3)c2C(=O)OC)C1. The summed E-state index contributed by atoms with van der Waals surface area (Å²) in [4.78, 5) is 41.0. The number of amides is 2. The Morgan fingerprint density at radius 2 is 1.65 bits per heavy atom. The topological polar surface area (TPSA) is 84.9 Å². The maximum atomic E-state index is 13.6. The van der Waals surface area contributed by atoms with E-state index in [1.807, 2.05) is 60.7 Å². The van der Waals surface area contributed by atoms with Gasteiger partial charge in [-0.2, -0.15) is 0 Å². The lowest BCUT2D eigenvalue weighted by molar-refractivity contribution is -0.116. The van der Waals surface area contributed by atoms with Crippen LogP contribution in [0.15, 0.2) is 60.7 Å². The molecule has 0 bridgehead atoms. The monoisotopic (exact) mass is 478 g/mol. The molecule has 4 rings (SSSR count). The Labute approximate surface area is 202 Å². The van der Waals surface area contributed by atoms with Gasteiger partial charge in [0.1, 0.15) is 5.00 Å². The van der Waals surface area contributed by atoms with E-state index >= 15 is 0 Å². The van der Waals surface area contributed by atoms with Gasteiger partial charge in [0.15, 0.2) is 0 Å². The van der Waals surface area contributed by atoms with Crippen LogP contribution in [0, 0.1) is 0 Å². The van der Waals surface area contributed by atoms with Crippen molar-refractivity contribution in [2.75, 3.05) is 25.6 Å². The van der Waals surface area contributed by atoms with Crippen LogP contribution in [-0.2, 0) is 27.2 Å². The minimum Gasteiger partial charge on any atom is -0.465 e. The number of hydrogen-bond acceptors (Lipinski definition) is 6. The lowest BCUT2D eigenvalue weighted by atomic mass is 9.90. The van der Waals surface area contributed by atoms with E-state index in [4.69, 9.17) is 9.47 Å². The van der Waals surface area contributed by atoms with Gasteiger partial charge in [0.25, 0.3) is 0 Å². The molecule has 1 aliphatic rings. The molecule has 0 unspecified atom stereocenters. The summed E-state index contributed by atoms with van der Waals surface area (Å²) in [7, 11) is 1.32. The van der Waals surface area contributed by atoms with Crippen LogP contribution in [0.2, 0.25) is 0 Å². The molecule has 2 aromatic carbocycles. The first-order valence-electron chi connectivity index (χ1n) is 11.1. The molecule has 0 fully saturated rings. The van der Waals surface area contributed by atoms with Crippen LogP contribution in [0.1, 0.15) is 44.8 Å². The van der Waals surface area contributed by atoms with E-state index < -0.39 is 11.9 Å². The summed E-state index contributed by atoms with van der Waals surface area (Å²) in [6.45, 7) is 2.80. The number of ether oxygens (including phenoxy) is 2. The third-order valence-electron chi connectivity index (χ3n) is 5.74. The van der Waals surface area contributed by atoms with Crippen LogP contribution >= 0.6 is 11.3 Å². The Hall–Kier alpha value is -3.65. The molecule has 34 heavy (non-hydrogen) atoms. The fourth-order valence-corrected chi connectivity index (χ4v) is 5.40. The molecule has 7 nitrogen and oxygen atoms in total. The molecule has 0 saturated carbocycles. The molecule has 2 amide bonds. The van der Waals surface area contributed by atoms with Crippen LogP contribution in [-0.4, -0.2) is 43.1 Å². The standard InChI is InChI=1S/C26H26N2O5S/c1-3-33-26(31)28-15-14-19-20(16-28)34-24(22(19)25(30)32-2)27-23(29)21(17-10-6-4-7-11-17)18-12-8-5-9-13-18/h4-13,21H,3,14-16H2,1-2H3,(H,27,29). The first-order valence-corrected chi connectivity index (χ1v) is 11.9. The van der Waals surface area contributed by atoms with Crippen molar-refractivity contribution in [2.24, 2.45) is 0 Å². The molecular weight excluding hydrogens is 452 g/mol.